The van der Waals surface area contributed by atoms with E-state index in [1.807, 2.05) is 66.7 Å². The van der Waals surface area contributed by atoms with Crippen molar-refractivity contribution in [1.29, 1.82) is 0 Å². The highest BCUT2D eigenvalue weighted by Gasteiger charge is 2.23. The topological polar surface area (TPSA) is 77.8 Å². The van der Waals surface area contributed by atoms with Gasteiger partial charge >= 0.3 is 0 Å². The maximum absolute atomic E-state index is 6.80. The van der Waals surface area contributed by atoms with Crippen LogP contribution in [0.1, 0.15) is 0 Å². The number of para-hydroxylation sites is 4. The molecular formula is C64H36N4O2. The van der Waals surface area contributed by atoms with Gasteiger partial charge in [0.05, 0.1) is 16.8 Å². The van der Waals surface area contributed by atoms with Crippen LogP contribution in [-0.2, 0) is 0 Å². The van der Waals surface area contributed by atoms with E-state index in [0.717, 1.165) is 105 Å². The van der Waals surface area contributed by atoms with E-state index in [2.05, 4.69) is 152 Å². The largest absolute Gasteiger partial charge is 0.456 e. The standard InChI is InChI=1S/C64H36N4O2/c1-2-15-38(16-3-1)62-66-63(68-64(67-62)50-25-14-24-47-46-21-9-12-27-54(46)70-61(47)50)39-31-29-37(30-32-39)60-52-36-56-59(49-23-10-13-28-55(49)69-56)57(58(52)48-22-8-11-26-53(48)65-60)40-33-34-45-43-19-5-4-17-41(43)42-18-6-7-20-44(42)51(45)35-40/h1-36H. The molecule has 0 fully saturated rings. The SMILES string of the molecule is c1ccc(-c2nc(-c3ccc(-c4nc5ccccc5c5c(-c6ccc7c8ccccc8c8ccccc8c7c6)c6c(cc45)oc4ccccc46)cc3)nc(-c3cccc4c3oc3ccccc34)n2)cc1. The molecule has 0 atom stereocenters. The van der Waals surface area contributed by atoms with E-state index in [1.165, 1.54) is 32.3 Å². The van der Waals surface area contributed by atoms with Crippen molar-refractivity contribution in [3.63, 3.8) is 0 Å². The number of rotatable bonds is 5. The summed E-state index contributed by atoms with van der Waals surface area (Å²) in [6.07, 6.45) is 0. The predicted octanol–water partition coefficient (Wildman–Crippen LogP) is 17.2. The van der Waals surface area contributed by atoms with Crippen molar-refractivity contribution in [3.8, 4) is 56.5 Å². The number of fused-ring (bicyclic) bond motifs is 15. The summed E-state index contributed by atoms with van der Waals surface area (Å²) in [6, 6.07) is 76.3. The molecule has 6 nitrogen and oxygen atoms in total. The summed E-state index contributed by atoms with van der Waals surface area (Å²) in [5, 5.41) is 14.9. The summed E-state index contributed by atoms with van der Waals surface area (Å²) in [7, 11) is 0. The molecule has 0 bridgehead atoms. The average molecular weight is 893 g/mol. The summed E-state index contributed by atoms with van der Waals surface area (Å²) in [4.78, 5) is 20.8. The monoisotopic (exact) mass is 892 g/mol. The lowest BCUT2D eigenvalue weighted by Crippen LogP contribution is -2.00. The normalized spacial score (nSPS) is 12.0. The molecule has 0 saturated heterocycles. The van der Waals surface area contributed by atoms with Crippen molar-refractivity contribution in [2.75, 3.05) is 0 Å². The maximum Gasteiger partial charge on any atom is 0.167 e. The second kappa shape index (κ2) is 15.0. The lowest BCUT2D eigenvalue weighted by Gasteiger charge is -2.17. The third-order valence-corrected chi connectivity index (χ3v) is 14.1. The fraction of sp³-hybridized carbons (Fsp3) is 0. The molecule has 4 aromatic heterocycles. The van der Waals surface area contributed by atoms with E-state index < -0.39 is 0 Å². The van der Waals surface area contributed by atoms with Gasteiger partial charge in [-0.2, -0.15) is 0 Å². The van der Waals surface area contributed by atoms with Crippen LogP contribution >= 0.6 is 0 Å². The molecule has 0 aliphatic heterocycles. The Morgan fingerprint density at radius 3 is 1.53 bits per heavy atom. The molecule has 324 valence electrons. The fourth-order valence-electron chi connectivity index (χ4n) is 10.9. The van der Waals surface area contributed by atoms with E-state index in [9.17, 15) is 0 Å². The average Bonchev–Trinajstić information content (AvgIpc) is 4.01. The van der Waals surface area contributed by atoms with Gasteiger partial charge in [0.2, 0.25) is 0 Å². The van der Waals surface area contributed by atoms with Crippen LogP contribution in [0.4, 0.5) is 0 Å². The van der Waals surface area contributed by atoms with Crippen molar-refractivity contribution in [2.24, 2.45) is 0 Å². The molecule has 0 amide bonds. The molecular weight excluding hydrogens is 857 g/mol. The van der Waals surface area contributed by atoms with Gasteiger partial charge in [-0.3, -0.25) is 0 Å². The first-order valence-electron chi connectivity index (χ1n) is 23.5. The highest BCUT2D eigenvalue weighted by Crippen LogP contribution is 2.48. The number of aromatic nitrogens is 4. The molecule has 0 aliphatic rings. The molecule has 11 aromatic carbocycles. The predicted molar refractivity (Wildman–Crippen MR) is 287 cm³/mol. The molecule has 0 spiro atoms. The van der Waals surface area contributed by atoms with E-state index in [4.69, 9.17) is 28.8 Å². The summed E-state index contributed by atoms with van der Waals surface area (Å²) in [5.74, 6) is 1.68. The highest BCUT2D eigenvalue weighted by molar-refractivity contribution is 6.30. The molecule has 15 aromatic rings. The molecule has 6 heteroatoms. The molecule has 0 aliphatic carbocycles. The summed E-state index contributed by atoms with van der Waals surface area (Å²) in [6.45, 7) is 0. The van der Waals surface area contributed by atoms with Gasteiger partial charge in [0.25, 0.3) is 0 Å². The minimum atomic E-state index is 0.539. The van der Waals surface area contributed by atoms with Gasteiger partial charge in [-0.15, -0.1) is 0 Å². The van der Waals surface area contributed by atoms with E-state index in [0.29, 0.717) is 17.5 Å². The van der Waals surface area contributed by atoms with Crippen LogP contribution in [-0.4, -0.2) is 19.9 Å². The van der Waals surface area contributed by atoms with Crippen LogP contribution in [0.3, 0.4) is 0 Å². The Morgan fingerprint density at radius 2 is 0.800 bits per heavy atom. The van der Waals surface area contributed by atoms with E-state index in [1.54, 1.807) is 0 Å². The van der Waals surface area contributed by atoms with Crippen molar-refractivity contribution in [3.05, 3.63) is 218 Å². The van der Waals surface area contributed by atoms with Crippen LogP contribution in [0.15, 0.2) is 227 Å². The van der Waals surface area contributed by atoms with E-state index >= 15 is 0 Å². The Labute approximate surface area is 399 Å². The molecule has 0 unspecified atom stereocenters. The first-order valence-corrected chi connectivity index (χ1v) is 23.5. The van der Waals surface area contributed by atoms with Crippen molar-refractivity contribution >= 4 is 97.9 Å². The number of pyridine rings is 1. The first kappa shape index (κ1) is 38.6. The van der Waals surface area contributed by atoms with E-state index in [-0.39, 0.29) is 0 Å². The van der Waals surface area contributed by atoms with Crippen molar-refractivity contribution in [2.45, 2.75) is 0 Å². The van der Waals surface area contributed by atoms with Crippen molar-refractivity contribution in [1.82, 2.24) is 19.9 Å². The Hall–Kier alpha value is -9.52. The van der Waals surface area contributed by atoms with Crippen LogP contribution in [0.5, 0.6) is 0 Å². The summed E-state index contributed by atoms with van der Waals surface area (Å²) >= 11 is 0. The minimum absolute atomic E-state index is 0.539. The second-order valence-electron chi connectivity index (χ2n) is 18.0. The molecule has 15 rings (SSSR count). The molecule has 4 heterocycles. The molecule has 0 N–H and O–H groups in total. The van der Waals surface area contributed by atoms with Crippen LogP contribution in [0.25, 0.3) is 154 Å². The smallest absolute Gasteiger partial charge is 0.167 e. The third kappa shape index (κ3) is 5.80. The van der Waals surface area contributed by atoms with Gasteiger partial charge in [-0.05, 0) is 74.3 Å². The van der Waals surface area contributed by atoms with Gasteiger partial charge in [0.1, 0.15) is 22.3 Å². The zero-order valence-corrected chi connectivity index (χ0v) is 37.4. The van der Waals surface area contributed by atoms with Crippen molar-refractivity contribution < 1.29 is 8.83 Å². The fourth-order valence-corrected chi connectivity index (χ4v) is 10.9. The lowest BCUT2D eigenvalue weighted by atomic mass is 9.87. The van der Waals surface area contributed by atoms with Gasteiger partial charge < -0.3 is 8.83 Å². The minimum Gasteiger partial charge on any atom is -0.456 e. The Kier molecular flexibility index (Phi) is 8.26. The molecule has 70 heavy (non-hydrogen) atoms. The Balaban J connectivity index is 0.953. The summed E-state index contributed by atoms with van der Waals surface area (Å²) in [5.41, 5.74) is 10.7. The van der Waals surface area contributed by atoms with Crippen LogP contribution in [0.2, 0.25) is 0 Å². The second-order valence-corrected chi connectivity index (χ2v) is 18.0. The van der Waals surface area contributed by atoms with Crippen LogP contribution < -0.4 is 0 Å². The Bertz CT molecular complexity index is 4610. The zero-order valence-electron chi connectivity index (χ0n) is 37.4. The molecule has 0 saturated carbocycles. The summed E-state index contributed by atoms with van der Waals surface area (Å²) < 4.78 is 13.3. The number of hydrogen-bond acceptors (Lipinski definition) is 6. The molecule has 0 radical (unpaired) electrons. The van der Waals surface area contributed by atoms with Gasteiger partial charge in [-0.25, -0.2) is 19.9 Å². The highest BCUT2D eigenvalue weighted by atomic mass is 16.3. The quantitative estimate of drug-likeness (QED) is 0.160. The maximum atomic E-state index is 6.80. The zero-order chi connectivity index (χ0) is 45.9. The third-order valence-electron chi connectivity index (χ3n) is 14.1. The van der Waals surface area contributed by atoms with Gasteiger partial charge in [0, 0.05) is 60.0 Å². The van der Waals surface area contributed by atoms with Gasteiger partial charge in [-0.1, -0.05) is 182 Å². The lowest BCUT2D eigenvalue weighted by molar-refractivity contribution is 0.669. The number of nitrogens with zero attached hydrogens (tertiary/aromatic N) is 4. The number of benzene rings is 11. The van der Waals surface area contributed by atoms with Crippen LogP contribution in [0, 0.1) is 0 Å². The number of furan rings is 2. The number of hydrogen-bond donors (Lipinski definition) is 0. The Morgan fingerprint density at radius 1 is 0.271 bits per heavy atom. The van der Waals surface area contributed by atoms with Gasteiger partial charge in [0.15, 0.2) is 17.5 Å². The first-order chi connectivity index (χ1) is 34.7.